The second-order valence-electron chi connectivity index (χ2n) is 5.89. The second-order valence-corrected chi connectivity index (χ2v) is 8.47. The maximum atomic E-state index is 13.8. The highest BCUT2D eigenvalue weighted by Crippen LogP contribution is 2.41. The van der Waals surface area contributed by atoms with Crippen LogP contribution in [-0.4, -0.2) is 33.7 Å². The van der Waals surface area contributed by atoms with Crippen molar-refractivity contribution in [3.63, 3.8) is 0 Å². The minimum absolute atomic E-state index is 0.0505. The summed E-state index contributed by atoms with van der Waals surface area (Å²) in [6, 6.07) is 8.81. The van der Waals surface area contributed by atoms with Gasteiger partial charge in [0.2, 0.25) is 0 Å². The minimum Gasteiger partial charge on any atom is -0.495 e. The number of rotatable bonds is 5. The number of halogens is 1. The lowest BCUT2D eigenvalue weighted by atomic mass is 10.2. The number of hydrogen-bond acceptors (Lipinski definition) is 7. The quantitative estimate of drug-likeness (QED) is 0.678. The molecule has 0 saturated carbocycles. The zero-order chi connectivity index (χ0) is 19.7. The van der Waals surface area contributed by atoms with Crippen LogP contribution in [-0.2, 0) is 10.0 Å². The van der Waals surface area contributed by atoms with Crippen LogP contribution in [0.5, 0.6) is 11.5 Å². The largest absolute Gasteiger partial charge is 0.495 e. The maximum absolute atomic E-state index is 13.8. The van der Waals surface area contributed by atoms with Crippen molar-refractivity contribution in [2.24, 2.45) is 0 Å². The first-order valence-corrected chi connectivity index (χ1v) is 10.6. The summed E-state index contributed by atoms with van der Waals surface area (Å²) in [5.74, 6) is 0.506. The Morgan fingerprint density at radius 3 is 2.86 bits per heavy atom. The number of benzene rings is 2. The minimum atomic E-state index is -3.80. The van der Waals surface area contributed by atoms with E-state index in [0.717, 1.165) is 0 Å². The van der Waals surface area contributed by atoms with Crippen LogP contribution >= 0.6 is 11.3 Å². The highest BCUT2D eigenvalue weighted by molar-refractivity contribution is 7.93. The topological polar surface area (TPSA) is 80.8 Å². The molecule has 0 fully saturated rings. The van der Waals surface area contributed by atoms with Gasteiger partial charge in [-0.25, -0.2) is 17.8 Å². The van der Waals surface area contributed by atoms with Crippen molar-refractivity contribution in [1.82, 2.24) is 4.98 Å². The number of aromatic nitrogens is 1. The van der Waals surface area contributed by atoms with Crippen molar-refractivity contribution < 1.29 is 22.3 Å². The average molecular weight is 421 g/mol. The van der Waals surface area contributed by atoms with E-state index in [1.165, 1.54) is 48.9 Å². The number of nitrogens with one attached hydrogen (secondary N) is 1. The summed E-state index contributed by atoms with van der Waals surface area (Å²) in [7, 11) is -2.29. The Morgan fingerprint density at radius 1 is 1.25 bits per heavy atom. The number of sulfonamides is 1. The normalized spacial score (nSPS) is 13.6. The van der Waals surface area contributed by atoms with Gasteiger partial charge >= 0.3 is 0 Å². The predicted octanol–water partition coefficient (Wildman–Crippen LogP) is 3.62. The van der Waals surface area contributed by atoms with Gasteiger partial charge in [0.1, 0.15) is 23.9 Å². The predicted molar refractivity (Wildman–Crippen MR) is 105 cm³/mol. The van der Waals surface area contributed by atoms with Crippen molar-refractivity contribution in [3.8, 4) is 11.5 Å². The Labute approximate surface area is 165 Å². The van der Waals surface area contributed by atoms with E-state index in [0.29, 0.717) is 36.0 Å². The molecule has 0 spiro atoms. The lowest BCUT2D eigenvalue weighted by Gasteiger charge is -2.32. The van der Waals surface area contributed by atoms with Crippen molar-refractivity contribution >= 4 is 37.9 Å². The SMILES string of the molecule is COc1ccc(F)cc1N1CCOc2cc(S(=O)(=O)Nc3nccs3)ccc21. The molecule has 7 nitrogen and oxygen atoms in total. The fourth-order valence-corrected chi connectivity index (χ4v) is 4.74. The van der Waals surface area contributed by atoms with Crippen LogP contribution < -0.4 is 19.1 Å². The van der Waals surface area contributed by atoms with Crippen molar-refractivity contribution in [3.05, 3.63) is 53.8 Å². The monoisotopic (exact) mass is 421 g/mol. The van der Waals surface area contributed by atoms with E-state index in [2.05, 4.69) is 9.71 Å². The molecule has 0 aliphatic carbocycles. The summed E-state index contributed by atoms with van der Waals surface area (Å²) in [4.78, 5) is 5.82. The molecule has 3 aromatic rings. The third-order valence-electron chi connectivity index (χ3n) is 4.19. The second kappa shape index (κ2) is 7.28. The molecule has 0 radical (unpaired) electrons. The molecule has 1 aliphatic heterocycles. The Hall–Kier alpha value is -2.85. The fraction of sp³-hybridized carbons (Fsp3) is 0.167. The van der Waals surface area contributed by atoms with Gasteiger partial charge in [-0.15, -0.1) is 11.3 Å². The highest BCUT2D eigenvalue weighted by Gasteiger charge is 2.25. The van der Waals surface area contributed by atoms with E-state index in [1.54, 1.807) is 17.5 Å². The van der Waals surface area contributed by atoms with Crippen LogP contribution in [0.4, 0.5) is 20.9 Å². The Balaban J connectivity index is 1.71. The first kappa shape index (κ1) is 18.5. The molecule has 0 bridgehead atoms. The van der Waals surface area contributed by atoms with Gasteiger partial charge in [-0.2, -0.15) is 0 Å². The molecule has 10 heteroatoms. The van der Waals surface area contributed by atoms with Gasteiger partial charge in [0.25, 0.3) is 10.0 Å². The van der Waals surface area contributed by atoms with E-state index >= 15 is 0 Å². The lowest BCUT2D eigenvalue weighted by Crippen LogP contribution is -2.29. The van der Waals surface area contributed by atoms with Crippen LogP contribution in [0.25, 0.3) is 0 Å². The van der Waals surface area contributed by atoms with Crippen LogP contribution in [0.15, 0.2) is 52.9 Å². The molecule has 1 aromatic heterocycles. The molecule has 0 atom stereocenters. The van der Waals surface area contributed by atoms with Gasteiger partial charge < -0.3 is 14.4 Å². The smallest absolute Gasteiger partial charge is 0.263 e. The maximum Gasteiger partial charge on any atom is 0.263 e. The van der Waals surface area contributed by atoms with E-state index in [4.69, 9.17) is 9.47 Å². The summed E-state index contributed by atoms with van der Waals surface area (Å²) in [5, 5.41) is 1.96. The summed E-state index contributed by atoms with van der Waals surface area (Å²) < 4.78 is 52.5. The highest BCUT2D eigenvalue weighted by atomic mass is 32.2. The van der Waals surface area contributed by atoms with E-state index in [-0.39, 0.29) is 10.0 Å². The van der Waals surface area contributed by atoms with Gasteiger partial charge in [-0.05, 0) is 24.3 Å². The molecule has 2 heterocycles. The van der Waals surface area contributed by atoms with Crippen LogP contribution in [0.3, 0.4) is 0 Å². The number of hydrogen-bond donors (Lipinski definition) is 1. The molecule has 2 aromatic carbocycles. The first-order valence-electron chi connectivity index (χ1n) is 8.28. The number of thiazole rings is 1. The third kappa shape index (κ3) is 3.48. The molecular weight excluding hydrogens is 405 g/mol. The summed E-state index contributed by atoms with van der Waals surface area (Å²) in [6.45, 7) is 0.784. The van der Waals surface area contributed by atoms with Crippen molar-refractivity contribution in [2.75, 3.05) is 29.9 Å². The molecule has 1 N–H and O–H groups in total. The number of fused-ring (bicyclic) bond motifs is 1. The molecule has 28 heavy (non-hydrogen) atoms. The average Bonchev–Trinajstić information content (AvgIpc) is 3.19. The molecule has 1 aliphatic rings. The van der Waals surface area contributed by atoms with E-state index in [9.17, 15) is 12.8 Å². The van der Waals surface area contributed by atoms with Crippen molar-refractivity contribution in [1.29, 1.82) is 0 Å². The molecule has 0 unspecified atom stereocenters. The van der Waals surface area contributed by atoms with Gasteiger partial charge in [0, 0.05) is 23.7 Å². The van der Waals surface area contributed by atoms with Gasteiger partial charge in [-0.3, -0.25) is 4.72 Å². The van der Waals surface area contributed by atoms with E-state index in [1.807, 2.05) is 4.90 Å². The van der Waals surface area contributed by atoms with Gasteiger partial charge in [-0.1, -0.05) is 0 Å². The molecule has 4 rings (SSSR count). The molecule has 146 valence electrons. The Bertz CT molecular complexity index is 1100. The number of nitrogens with zero attached hydrogens (tertiary/aromatic N) is 2. The zero-order valence-electron chi connectivity index (χ0n) is 14.8. The first-order chi connectivity index (χ1) is 13.5. The molecular formula is C18H16FN3O4S2. The number of anilines is 3. The summed E-state index contributed by atoms with van der Waals surface area (Å²) >= 11 is 1.19. The number of ether oxygens (including phenoxy) is 2. The fourth-order valence-electron chi connectivity index (χ4n) is 2.94. The van der Waals surface area contributed by atoms with E-state index < -0.39 is 15.8 Å². The summed E-state index contributed by atoms with van der Waals surface area (Å²) in [6.07, 6.45) is 1.52. The summed E-state index contributed by atoms with van der Waals surface area (Å²) in [5.41, 5.74) is 1.17. The van der Waals surface area contributed by atoms with Crippen LogP contribution in [0, 0.1) is 5.82 Å². The Kier molecular flexibility index (Phi) is 4.82. The Morgan fingerprint density at radius 2 is 2.11 bits per heavy atom. The lowest BCUT2D eigenvalue weighted by molar-refractivity contribution is 0.312. The zero-order valence-corrected chi connectivity index (χ0v) is 16.4. The number of methoxy groups -OCH3 is 1. The van der Waals surface area contributed by atoms with Crippen LogP contribution in [0.2, 0.25) is 0 Å². The van der Waals surface area contributed by atoms with Gasteiger partial charge in [0.15, 0.2) is 5.13 Å². The van der Waals surface area contributed by atoms with Gasteiger partial charge in [0.05, 0.1) is 29.9 Å². The standard InChI is InChI=1S/C18H16FN3O4S2/c1-25-16-5-2-12(19)10-15(16)22-7-8-26-17-11-13(3-4-14(17)22)28(23,24)21-18-20-6-9-27-18/h2-6,9-11H,7-8H2,1H3,(H,20,21). The van der Waals surface area contributed by atoms with Crippen molar-refractivity contribution in [2.45, 2.75) is 4.90 Å². The van der Waals surface area contributed by atoms with Crippen LogP contribution in [0.1, 0.15) is 0 Å². The molecule has 0 amide bonds. The third-order valence-corrected chi connectivity index (χ3v) is 6.34. The molecule has 0 saturated heterocycles.